The fourth-order valence-corrected chi connectivity index (χ4v) is 1.84. The third-order valence-corrected chi connectivity index (χ3v) is 4.12. The van der Waals surface area contributed by atoms with E-state index in [-0.39, 0.29) is 31.7 Å². The van der Waals surface area contributed by atoms with Crippen LogP contribution in [0.5, 0.6) is 0 Å². The van der Waals surface area contributed by atoms with Gasteiger partial charge >= 0.3 is 18.0 Å². The molecule has 0 spiro atoms. The highest BCUT2D eigenvalue weighted by Crippen LogP contribution is 2.18. The molecule has 0 aromatic heterocycles. The normalized spacial score (nSPS) is 12.9. The molecule has 9 heteroatoms. The van der Waals surface area contributed by atoms with Crippen LogP contribution in [-0.2, 0) is 23.8 Å². The minimum absolute atomic E-state index is 0. The van der Waals surface area contributed by atoms with Gasteiger partial charge in [-0.25, -0.2) is 14.4 Å². The van der Waals surface area contributed by atoms with Crippen molar-refractivity contribution in [1.82, 2.24) is 10.2 Å². The number of hydrogen-bond donors (Lipinski definition) is 2. The molecule has 2 N–H and O–H groups in total. The summed E-state index contributed by atoms with van der Waals surface area (Å²) in [5.41, 5.74) is -0.278. The molecule has 0 heterocycles. The first-order valence-electron chi connectivity index (χ1n) is 11.0. The van der Waals surface area contributed by atoms with Gasteiger partial charge < -0.3 is 19.5 Å². The number of ether oxygens (including phenoxy) is 3. The van der Waals surface area contributed by atoms with Crippen LogP contribution in [0.4, 0.5) is 4.79 Å². The number of esters is 2. The van der Waals surface area contributed by atoms with Crippen LogP contribution in [0.15, 0.2) is 0 Å². The van der Waals surface area contributed by atoms with Crippen molar-refractivity contribution in [3.8, 4) is 0 Å². The molecule has 2 atom stereocenters. The van der Waals surface area contributed by atoms with Gasteiger partial charge in [0, 0.05) is 0 Å². The maximum absolute atomic E-state index is 11.6. The zero-order valence-electron chi connectivity index (χ0n) is 21.8. The van der Waals surface area contributed by atoms with Crippen LogP contribution in [0.3, 0.4) is 0 Å². The number of carbonyl (C=O) groups is 3. The number of halogens is 1. The molecular weight excluding hydrogens is 460 g/mol. The number of rotatable bonds is 8. The summed E-state index contributed by atoms with van der Waals surface area (Å²) < 4.78 is 15.1. The summed E-state index contributed by atoms with van der Waals surface area (Å²) in [5.74, 6) is -0.755. The van der Waals surface area contributed by atoms with Crippen LogP contribution in [0.25, 0.3) is 0 Å². The molecule has 0 fully saturated rings. The number of nitrogens with one attached hydrogen (secondary N) is 2. The Balaban J connectivity index is -0.000000266. The van der Waals surface area contributed by atoms with Crippen LogP contribution in [0.2, 0.25) is 0 Å². The molecule has 0 aliphatic carbocycles. The first-order chi connectivity index (χ1) is 14.3. The monoisotopic (exact) mass is 512 g/mol. The van der Waals surface area contributed by atoms with Crippen molar-refractivity contribution < 1.29 is 28.6 Å². The van der Waals surface area contributed by atoms with Crippen molar-refractivity contribution in [3.63, 3.8) is 0 Å². The Morgan fingerprint density at radius 3 is 1.38 bits per heavy atom. The van der Waals surface area contributed by atoms with Crippen molar-refractivity contribution in [2.75, 3.05) is 13.2 Å². The lowest BCUT2D eigenvalue weighted by Gasteiger charge is -2.22. The fourth-order valence-electron chi connectivity index (χ4n) is 1.75. The van der Waals surface area contributed by atoms with Gasteiger partial charge in [-0.15, -0.1) is 0 Å². The van der Waals surface area contributed by atoms with Crippen molar-refractivity contribution in [2.24, 2.45) is 10.8 Å². The molecule has 0 aromatic rings. The second-order valence-electron chi connectivity index (χ2n) is 11.2. The van der Waals surface area contributed by atoms with E-state index < -0.39 is 29.7 Å². The molecule has 0 saturated heterocycles. The summed E-state index contributed by atoms with van der Waals surface area (Å²) in [6.45, 7) is 21.8. The first-order valence-corrected chi connectivity index (χ1v) is 11.3. The van der Waals surface area contributed by atoms with Crippen molar-refractivity contribution in [3.05, 3.63) is 0 Å². The highest BCUT2D eigenvalue weighted by Gasteiger charge is 2.22. The van der Waals surface area contributed by atoms with Crippen LogP contribution in [0, 0.1) is 10.8 Å². The third kappa shape index (κ3) is 26.7. The molecule has 206 valence electrons. The van der Waals surface area contributed by atoms with Gasteiger partial charge in [0.15, 0.2) is 0 Å². The smallest absolute Gasteiger partial charge is 0.408 e. The predicted molar refractivity (Wildman–Crippen MR) is 141 cm³/mol. The lowest BCUT2D eigenvalue weighted by atomic mass is 9.93. The van der Waals surface area contributed by atoms with E-state index in [9.17, 15) is 14.4 Å². The molecule has 0 bridgehead atoms. The standard InChI is InChI=1S/C14H27NO4.C9H18ClNO2.2CH4/c1-10(15-12(17)19-14(5,6)7)11(16)18-9-8-13(2,3)4;1-7(11-10)8(12)13-6-5-9(2,3)4;;/h10H,8-9H2,1-7H3,(H,15,17);7,11H,5-6H2,1-4H3;2*1H4/t10-;7-;;/m00../s1. The topological polar surface area (TPSA) is 103 Å². The summed E-state index contributed by atoms with van der Waals surface area (Å²) in [6, 6.07) is -1.16. The number of alkyl carbamates (subject to hydrolysis) is 1. The predicted octanol–water partition coefficient (Wildman–Crippen LogP) is 6.25. The van der Waals surface area contributed by atoms with Gasteiger partial charge in [0.2, 0.25) is 0 Å². The molecule has 0 unspecified atom stereocenters. The van der Waals surface area contributed by atoms with Gasteiger partial charge in [0.05, 0.1) is 13.2 Å². The van der Waals surface area contributed by atoms with Crippen LogP contribution in [0.1, 0.15) is 104 Å². The Morgan fingerprint density at radius 2 is 1.09 bits per heavy atom. The van der Waals surface area contributed by atoms with E-state index in [0.717, 1.165) is 12.8 Å². The van der Waals surface area contributed by atoms with Crippen molar-refractivity contribution in [2.45, 2.75) is 122 Å². The molecule has 8 nitrogen and oxygen atoms in total. The second kappa shape index (κ2) is 17.8. The number of hydrogen-bond acceptors (Lipinski definition) is 7. The van der Waals surface area contributed by atoms with E-state index in [1.54, 1.807) is 34.6 Å². The summed E-state index contributed by atoms with van der Waals surface area (Å²) in [7, 11) is 0. The highest BCUT2D eigenvalue weighted by atomic mass is 35.5. The highest BCUT2D eigenvalue weighted by molar-refractivity contribution is 6.14. The summed E-state index contributed by atoms with van der Waals surface area (Å²) in [5, 5.41) is 2.45. The molecule has 1 amide bonds. The molecular formula is C25H53ClN2O6. The first kappa shape index (κ1) is 39.7. The Labute approximate surface area is 214 Å². The van der Waals surface area contributed by atoms with Gasteiger partial charge in [-0.3, -0.25) is 4.79 Å². The van der Waals surface area contributed by atoms with E-state index in [0.29, 0.717) is 13.2 Å². The minimum Gasteiger partial charge on any atom is -0.464 e. The average Bonchev–Trinajstić information content (AvgIpc) is 2.57. The van der Waals surface area contributed by atoms with Gasteiger partial charge in [0.25, 0.3) is 0 Å². The van der Waals surface area contributed by atoms with Crippen LogP contribution in [-0.4, -0.2) is 48.9 Å². The van der Waals surface area contributed by atoms with Gasteiger partial charge in [-0.05, 0) is 70.1 Å². The summed E-state index contributed by atoms with van der Waals surface area (Å²) in [6.07, 6.45) is 1.01. The van der Waals surface area contributed by atoms with Gasteiger partial charge in [0.1, 0.15) is 17.7 Å². The number of amides is 1. The maximum atomic E-state index is 11.6. The maximum Gasteiger partial charge on any atom is 0.408 e. The molecule has 0 aromatic carbocycles. The molecule has 0 rings (SSSR count). The molecule has 0 aliphatic heterocycles. The second-order valence-corrected chi connectivity index (χ2v) is 11.4. The SMILES string of the molecule is C.C.C[C@H](NC(=O)OC(C)(C)C)C(=O)OCCC(C)(C)C.C[C@H](NCl)C(=O)OCCC(C)(C)C. The lowest BCUT2D eigenvalue weighted by molar-refractivity contribution is -0.146. The minimum atomic E-state index is -0.713. The Morgan fingerprint density at radius 1 is 0.735 bits per heavy atom. The largest absolute Gasteiger partial charge is 0.464 e. The van der Waals surface area contributed by atoms with E-state index in [2.05, 4.69) is 51.7 Å². The van der Waals surface area contributed by atoms with E-state index in [4.69, 9.17) is 26.0 Å². The van der Waals surface area contributed by atoms with E-state index in [1.165, 1.54) is 0 Å². The Kier molecular flexibility index (Phi) is 20.8. The van der Waals surface area contributed by atoms with Gasteiger partial charge in [-0.2, -0.15) is 0 Å². The zero-order chi connectivity index (χ0) is 25.8. The van der Waals surface area contributed by atoms with Crippen LogP contribution < -0.4 is 10.2 Å². The quantitative estimate of drug-likeness (QED) is 0.225. The van der Waals surface area contributed by atoms with E-state index in [1.807, 2.05) is 0 Å². The number of carbonyl (C=O) groups excluding carboxylic acids is 3. The molecule has 0 radical (unpaired) electrons. The summed E-state index contributed by atoms with van der Waals surface area (Å²) in [4.78, 5) is 36.5. The Hall–Kier alpha value is -1.54. The molecule has 0 saturated carbocycles. The van der Waals surface area contributed by atoms with Crippen LogP contribution >= 0.6 is 11.8 Å². The molecule has 0 aliphatic rings. The average molecular weight is 513 g/mol. The van der Waals surface area contributed by atoms with Gasteiger partial charge in [-0.1, -0.05) is 56.4 Å². The van der Waals surface area contributed by atoms with Crippen molar-refractivity contribution in [1.29, 1.82) is 0 Å². The third-order valence-electron chi connectivity index (χ3n) is 3.80. The summed E-state index contributed by atoms with van der Waals surface area (Å²) >= 11 is 5.26. The lowest BCUT2D eigenvalue weighted by Crippen LogP contribution is -2.42. The molecule has 34 heavy (non-hydrogen) atoms. The van der Waals surface area contributed by atoms with E-state index >= 15 is 0 Å². The Bertz CT molecular complexity index is 577. The fraction of sp³-hybridized carbons (Fsp3) is 0.880. The zero-order valence-corrected chi connectivity index (χ0v) is 22.6. The van der Waals surface area contributed by atoms with Crippen molar-refractivity contribution >= 4 is 29.8 Å².